The molecule has 0 bridgehead atoms. The summed E-state index contributed by atoms with van der Waals surface area (Å²) < 4.78 is 4.97. The van der Waals surface area contributed by atoms with Gasteiger partial charge in [0.15, 0.2) is 0 Å². The molecular weight excluding hydrogens is 190 g/mol. The van der Waals surface area contributed by atoms with E-state index in [4.69, 9.17) is 10.2 Å². The Labute approximate surface area is 88.1 Å². The minimum absolute atomic E-state index is 0.122. The van der Waals surface area contributed by atoms with Gasteiger partial charge >= 0.3 is 0 Å². The highest BCUT2D eigenvalue weighted by atomic mass is 16.3. The van der Waals surface area contributed by atoms with Crippen molar-refractivity contribution in [1.82, 2.24) is 0 Å². The van der Waals surface area contributed by atoms with Gasteiger partial charge in [-0.2, -0.15) is 0 Å². The first-order valence-corrected chi connectivity index (χ1v) is 4.78. The monoisotopic (exact) mass is 203 g/mol. The van der Waals surface area contributed by atoms with Crippen molar-refractivity contribution in [1.29, 1.82) is 0 Å². The Morgan fingerprint density at radius 2 is 1.87 bits per heavy atom. The average Bonchev–Trinajstić information content (AvgIpc) is 2.83. The molecule has 0 spiro atoms. The molecule has 0 radical (unpaired) electrons. The third-order valence-electron chi connectivity index (χ3n) is 2.55. The molecule has 0 saturated heterocycles. The molecule has 1 aromatic heterocycles. The Bertz CT molecular complexity index is 410. The van der Waals surface area contributed by atoms with Gasteiger partial charge in [0.05, 0.1) is 12.5 Å². The van der Waals surface area contributed by atoms with Crippen molar-refractivity contribution in [3.8, 4) is 0 Å². The SMILES string of the molecule is NCC(O)(c1ccccc1)c1ccoc1. The quantitative estimate of drug-likeness (QED) is 0.794. The van der Waals surface area contributed by atoms with Gasteiger partial charge in [-0.3, -0.25) is 0 Å². The first-order chi connectivity index (χ1) is 7.27. The van der Waals surface area contributed by atoms with Crippen LogP contribution >= 0.6 is 0 Å². The van der Waals surface area contributed by atoms with Gasteiger partial charge in [-0.15, -0.1) is 0 Å². The first kappa shape index (κ1) is 9.96. The third kappa shape index (κ3) is 1.67. The molecule has 1 heterocycles. The maximum absolute atomic E-state index is 10.5. The van der Waals surface area contributed by atoms with Crippen molar-refractivity contribution in [2.75, 3.05) is 6.54 Å². The lowest BCUT2D eigenvalue weighted by Crippen LogP contribution is -2.35. The number of hydrogen-bond acceptors (Lipinski definition) is 3. The molecule has 3 nitrogen and oxygen atoms in total. The summed E-state index contributed by atoms with van der Waals surface area (Å²) in [6, 6.07) is 11.1. The van der Waals surface area contributed by atoms with Crippen molar-refractivity contribution < 1.29 is 9.52 Å². The predicted octanol–water partition coefficient (Wildman–Crippen LogP) is 1.47. The second-order valence-corrected chi connectivity index (χ2v) is 3.44. The highest BCUT2D eigenvalue weighted by Gasteiger charge is 2.30. The Morgan fingerprint density at radius 3 is 2.40 bits per heavy atom. The zero-order chi connectivity index (χ0) is 10.7. The molecule has 3 heteroatoms. The Kier molecular flexibility index (Phi) is 2.58. The highest BCUT2D eigenvalue weighted by molar-refractivity contribution is 5.34. The summed E-state index contributed by atoms with van der Waals surface area (Å²) in [5.74, 6) is 0. The van der Waals surface area contributed by atoms with Crippen LogP contribution in [0, 0.1) is 0 Å². The van der Waals surface area contributed by atoms with Gasteiger partial charge in [0.25, 0.3) is 0 Å². The molecule has 78 valence electrons. The Balaban J connectivity index is 2.47. The number of nitrogens with two attached hydrogens (primary N) is 1. The van der Waals surface area contributed by atoms with Gasteiger partial charge in [0.2, 0.25) is 0 Å². The molecule has 2 rings (SSSR count). The molecule has 0 saturated carbocycles. The molecule has 1 aromatic carbocycles. The van der Waals surface area contributed by atoms with Gasteiger partial charge in [0.1, 0.15) is 5.60 Å². The molecule has 0 aliphatic heterocycles. The van der Waals surface area contributed by atoms with E-state index in [1.807, 2.05) is 30.3 Å². The van der Waals surface area contributed by atoms with Gasteiger partial charge in [-0.25, -0.2) is 0 Å². The summed E-state index contributed by atoms with van der Waals surface area (Å²) in [6.45, 7) is 0.122. The fourth-order valence-corrected chi connectivity index (χ4v) is 1.62. The van der Waals surface area contributed by atoms with Crippen LogP contribution in [0.1, 0.15) is 11.1 Å². The van der Waals surface area contributed by atoms with E-state index < -0.39 is 5.60 Å². The molecule has 0 fully saturated rings. The van der Waals surface area contributed by atoms with Crippen molar-refractivity contribution >= 4 is 0 Å². The highest BCUT2D eigenvalue weighted by Crippen LogP contribution is 2.28. The fraction of sp³-hybridized carbons (Fsp3) is 0.167. The smallest absolute Gasteiger partial charge is 0.130 e. The van der Waals surface area contributed by atoms with Crippen LogP contribution in [0.3, 0.4) is 0 Å². The van der Waals surface area contributed by atoms with Gasteiger partial charge in [-0.1, -0.05) is 30.3 Å². The second-order valence-electron chi connectivity index (χ2n) is 3.44. The van der Waals surface area contributed by atoms with Crippen LogP contribution in [0.25, 0.3) is 0 Å². The third-order valence-corrected chi connectivity index (χ3v) is 2.55. The van der Waals surface area contributed by atoms with E-state index >= 15 is 0 Å². The van der Waals surface area contributed by atoms with E-state index in [0.29, 0.717) is 5.56 Å². The van der Waals surface area contributed by atoms with Gasteiger partial charge in [-0.05, 0) is 11.6 Å². The fourth-order valence-electron chi connectivity index (χ4n) is 1.62. The summed E-state index contributed by atoms with van der Waals surface area (Å²) in [5.41, 5.74) is 5.93. The van der Waals surface area contributed by atoms with Crippen LogP contribution in [0.4, 0.5) is 0 Å². The van der Waals surface area contributed by atoms with Crippen LogP contribution in [0.2, 0.25) is 0 Å². The van der Waals surface area contributed by atoms with E-state index in [2.05, 4.69) is 0 Å². The summed E-state index contributed by atoms with van der Waals surface area (Å²) in [4.78, 5) is 0. The zero-order valence-corrected chi connectivity index (χ0v) is 8.26. The topological polar surface area (TPSA) is 59.4 Å². The molecule has 15 heavy (non-hydrogen) atoms. The molecular formula is C12H13NO2. The number of furan rings is 1. The molecule has 0 aliphatic rings. The maximum atomic E-state index is 10.5. The molecule has 0 amide bonds. The minimum atomic E-state index is -1.16. The zero-order valence-electron chi connectivity index (χ0n) is 8.26. The summed E-state index contributed by atoms with van der Waals surface area (Å²) in [7, 11) is 0. The lowest BCUT2D eigenvalue weighted by Gasteiger charge is -2.25. The van der Waals surface area contributed by atoms with Crippen LogP contribution in [-0.4, -0.2) is 11.7 Å². The van der Waals surface area contributed by atoms with Crippen molar-refractivity contribution in [3.63, 3.8) is 0 Å². The minimum Gasteiger partial charge on any atom is -0.472 e. The van der Waals surface area contributed by atoms with Crippen LogP contribution < -0.4 is 5.73 Å². The lowest BCUT2D eigenvalue weighted by atomic mass is 9.88. The summed E-state index contributed by atoms with van der Waals surface area (Å²) in [6.07, 6.45) is 3.04. The Hall–Kier alpha value is -1.58. The molecule has 3 N–H and O–H groups in total. The molecule has 1 atom stereocenters. The van der Waals surface area contributed by atoms with E-state index in [1.165, 1.54) is 12.5 Å². The molecule has 2 aromatic rings. The van der Waals surface area contributed by atoms with Crippen molar-refractivity contribution in [2.24, 2.45) is 5.73 Å². The molecule has 0 aliphatic carbocycles. The summed E-state index contributed by atoms with van der Waals surface area (Å²) in [5, 5.41) is 10.5. The number of rotatable bonds is 3. The van der Waals surface area contributed by atoms with Gasteiger partial charge in [0, 0.05) is 12.1 Å². The van der Waals surface area contributed by atoms with Gasteiger partial charge < -0.3 is 15.3 Å². The molecule has 1 unspecified atom stereocenters. The predicted molar refractivity (Wildman–Crippen MR) is 57.2 cm³/mol. The summed E-state index contributed by atoms with van der Waals surface area (Å²) >= 11 is 0. The van der Waals surface area contributed by atoms with Crippen LogP contribution in [-0.2, 0) is 5.60 Å². The van der Waals surface area contributed by atoms with Crippen LogP contribution in [0.5, 0.6) is 0 Å². The van der Waals surface area contributed by atoms with Crippen molar-refractivity contribution in [3.05, 3.63) is 60.1 Å². The Morgan fingerprint density at radius 1 is 1.13 bits per heavy atom. The van der Waals surface area contributed by atoms with E-state index in [-0.39, 0.29) is 6.54 Å². The van der Waals surface area contributed by atoms with E-state index in [0.717, 1.165) is 5.56 Å². The maximum Gasteiger partial charge on any atom is 0.130 e. The average molecular weight is 203 g/mol. The first-order valence-electron chi connectivity index (χ1n) is 4.78. The normalized spacial score (nSPS) is 14.8. The van der Waals surface area contributed by atoms with Crippen LogP contribution in [0.15, 0.2) is 53.3 Å². The lowest BCUT2D eigenvalue weighted by molar-refractivity contribution is 0.0895. The van der Waals surface area contributed by atoms with E-state index in [1.54, 1.807) is 6.07 Å². The standard InChI is InChI=1S/C12H13NO2/c13-9-12(14,11-6-7-15-8-11)10-4-2-1-3-5-10/h1-8,14H,9,13H2. The van der Waals surface area contributed by atoms with Crippen molar-refractivity contribution in [2.45, 2.75) is 5.60 Å². The number of aliphatic hydroxyl groups is 1. The number of benzene rings is 1. The second kappa shape index (κ2) is 3.88. The largest absolute Gasteiger partial charge is 0.472 e. The van der Waals surface area contributed by atoms with E-state index in [9.17, 15) is 5.11 Å². The number of hydrogen-bond donors (Lipinski definition) is 2.